The Bertz CT molecular complexity index is 1370. The molecule has 1 amide bonds. The maximum atomic E-state index is 14.2. The number of pyridine rings is 1. The second kappa shape index (κ2) is 10.6. The summed E-state index contributed by atoms with van der Waals surface area (Å²) in [5, 5.41) is 24.5. The molecule has 0 fully saturated rings. The third kappa shape index (κ3) is 5.78. The number of hydrogen-bond donors (Lipinski definition) is 3. The molecule has 4 rings (SSSR count). The van der Waals surface area contributed by atoms with Crippen LogP contribution in [-0.4, -0.2) is 72.4 Å². The SMILES string of the molecule is COCCn1cc(Nc2cc(-c3cnn4cc(Cl)cnc34)ncc2C(=O)NCC(F)C(C)(C)O)cn1. The third-order valence-corrected chi connectivity index (χ3v) is 5.59. The number of halogens is 2. The lowest BCUT2D eigenvalue weighted by molar-refractivity contribution is -0.00177. The molecule has 0 radical (unpaired) electrons. The number of nitrogens with one attached hydrogen (secondary N) is 2. The van der Waals surface area contributed by atoms with E-state index in [0.717, 1.165) is 0 Å². The fraction of sp³-hybridized carbons (Fsp3) is 0.348. The minimum Gasteiger partial charge on any atom is -0.387 e. The van der Waals surface area contributed by atoms with Gasteiger partial charge in [0.2, 0.25) is 0 Å². The van der Waals surface area contributed by atoms with Gasteiger partial charge in [0.25, 0.3) is 5.91 Å². The van der Waals surface area contributed by atoms with Crippen molar-refractivity contribution >= 4 is 34.5 Å². The zero-order valence-electron chi connectivity index (χ0n) is 19.9. The molecule has 0 saturated carbocycles. The van der Waals surface area contributed by atoms with Crippen molar-refractivity contribution in [3.8, 4) is 11.3 Å². The first kappa shape index (κ1) is 25.5. The highest BCUT2D eigenvalue weighted by Gasteiger charge is 2.27. The monoisotopic (exact) mass is 516 g/mol. The van der Waals surface area contributed by atoms with Crippen LogP contribution in [0, 0.1) is 0 Å². The molecule has 4 aromatic heterocycles. The van der Waals surface area contributed by atoms with Crippen LogP contribution < -0.4 is 10.6 Å². The first-order chi connectivity index (χ1) is 17.2. The molecule has 1 atom stereocenters. The lowest BCUT2D eigenvalue weighted by Crippen LogP contribution is -2.42. The molecular formula is C23H26ClFN8O3. The van der Waals surface area contributed by atoms with Crippen LogP contribution in [0.25, 0.3) is 16.9 Å². The van der Waals surface area contributed by atoms with Crippen molar-refractivity contribution in [2.24, 2.45) is 0 Å². The van der Waals surface area contributed by atoms with Gasteiger partial charge in [-0.3, -0.25) is 14.5 Å². The number of anilines is 2. The lowest BCUT2D eigenvalue weighted by atomic mass is 10.0. The van der Waals surface area contributed by atoms with E-state index in [-0.39, 0.29) is 12.1 Å². The molecule has 1 unspecified atom stereocenters. The number of methoxy groups -OCH3 is 1. The Morgan fingerprint density at radius 3 is 2.78 bits per heavy atom. The van der Waals surface area contributed by atoms with Gasteiger partial charge in [0.15, 0.2) is 5.65 Å². The summed E-state index contributed by atoms with van der Waals surface area (Å²) in [5.41, 5.74) is 1.30. The second-order valence-corrected chi connectivity index (χ2v) is 9.09. The van der Waals surface area contributed by atoms with Gasteiger partial charge in [0.05, 0.1) is 77.1 Å². The van der Waals surface area contributed by atoms with Crippen molar-refractivity contribution in [1.82, 2.24) is 34.7 Å². The van der Waals surface area contributed by atoms with Crippen LogP contribution in [0.5, 0.6) is 0 Å². The van der Waals surface area contributed by atoms with Crippen LogP contribution in [0.3, 0.4) is 0 Å². The summed E-state index contributed by atoms with van der Waals surface area (Å²) < 4.78 is 22.5. The van der Waals surface area contributed by atoms with Crippen LogP contribution in [-0.2, 0) is 11.3 Å². The smallest absolute Gasteiger partial charge is 0.255 e. The minimum absolute atomic E-state index is 0.179. The molecule has 0 bridgehead atoms. The number of carbonyl (C=O) groups is 1. The standard InChI is InChI=1S/C23H26ClFN8O3/c1-23(2,35)20(25)11-28-22(34)17-9-26-18(16-10-30-33-12-14(24)7-27-21(16)33)6-19(17)31-15-8-29-32(13-15)4-5-36-3/h6-10,12-13,20,35H,4-5,11H2,1-3H3,(H,26,31)(H,28,34). The number of alkyl halides is 1. The van der Waals surface area contributed by atoms with Gasteiger partial charge in [-0.25, -0.2) is 13.9 Å². The molecule has 0 aliphatic carbocycles. The summed E-state index contributed by atoms with van der Waals surface area (Å²) in [6, 6.07) is 1.68. The average molecular weight is 517 g/mol. The van der Waals surface area contributed by atoms with Crippen molar-refractivity contribution in [2.45, 2.75) is 32.2 Å². The molecule has 0 aliphatic rings. The number of aromatic nitrogens is 6. The Labute approximate surface area is 211 Å². The summed E-state index contributed by atoms with van der Waals surface area (Å²) in [7, 11) is 1.61. The van der Waals surface area contributed by atoms with Crippen molar-refractivity contribution in [2.75, 3.05) is 25.6 Å². The molecule has 3 N–H and O–H groups in total. The van der Waals surface area contributed by atoms with Crippen LogP contribution in [0.15, 0.2) is 43.2 Å². The first-order valence-corrected chi connectivity index (χ1v) is 11.5. The Hall–Kier alpha value is -3.61. The zero-order valence-corrected chi connectivity index (χ0v) is 20.7. The third-order valence-electron chi connectivity index (χ3n) is 5.39. The Balaban J connectivity index is 1.67. The number of fused-ring (bicyclic) bond motifs is 1. The van der Waals surface area contributed by atoms with E-state index in [9.17, 15) is 14.3 Å². The van der Waals surface area contributed by atoms with Gasteiger partial charge < -0.3 is 20.5 Å². The largest absolute Gasteiger partial charge is 0.387 e. The van der Waals surface area contributed by atoms with Crippen molar-refractivity contribution in [1.29, 1.82) is 0 Å². The van der Waals surface area contributed by atoms with E-state index < -0.39 is 17.7 Å². The molecule has 11 nitrogen and oxygen atoms in total. The van der Waals surface area contributed by atoms with Gasteiger partial charge in [-0.2, -0.15) is 10.2 Å². The summed E-state index contributed by atoms with van der Waals surface area (Å²) in [4.78, 5) is 21.7. The van der Waals surface area contributed by atoms with Crippen molar-refractivity contribution in [3.05, 3.63) is 53.8 Å². The number of ether oxygens (including phenoxy) is 1. The fourth-order valence-electron chi connectivity index (χ4n) is 3.34. The predicted octanol–water partition coefficient (Wildman–Crippen LogP) is 2.87. The maximum absolute atomic E-state index is 14.2. The highest BCUT2D eigenvalue weighted by Crippen LogP contribution is 2.28. The quantitative estimate of drug-likeness (QED) is 0.293. The molecule has 4 aromatic rings. The fourth-order valence-corrected chi connectivity index (χ4v) is 3.48. The van der Waals surface area contributed by atoms with E-state index in [0.29, 0.717) is 46.5 Å². The van der Waals surface area contributed by atoms with Gasteiger partial charge in [0.1, 0.15) is 6.17 Å². The van der Waals surface area contributed by atoms with E-state index in [1.807, 2.05) is 0 Å². The highest BCUT2D eigenvalue weighted by atomic mass is 35.5. The second-order valence-electron chi connectivity index (χ2n) is 8.65. The molecule has 190 valence electrons. The molecule has 13 heteroatoms. The molecule has 4 heterocycles. The van der Waals surface area contributed by atoms with Gasteiger partial charge >= 0.3 is 0 Å². The summed E-state index contributed by atoms with van der Waals surface area (Å²) >= 11 is 6.01. The Kier molecular flexibility index (Phi) is 7.48. The van der Waals surface area contributed by atoms with Gasteiger partial charge in [-0.05, 0) is 19.9 Å². The number of amides is 1. The predicted molar refractivity (Wildman–Crippen MR) is 132 cm³/mol. The normalized spacial score (nSPS) is 12.6. The molecule has 0 saturated heterocycles. The van der Waals surface area contributed by atoms with E-state index in [1.54, 1.807) is 42.6 Å². The summed E-state index contributed by atoms with van der Waals surface area (Å²) in [5.74, 6) is -0.556. The van der Waals surface area contributed by atoms with Crippen LogP contribution in [0.2, 0.25) is 5.02 Å². The topological polar surface area (TPSA) is 131 Å². The van der Waals surface area contributed by atoms with Crippen LogP contribution in [0.1, 0.15) is 24.2 Å². The Morgan fingerprint density at radius 1 is 1.22 bits per heavy atom. The lowest BCUT2D eigenvalue weighted by Gasteiger charge is -2.22. The molecule has 36 heavy (non-hydrogen) atoms. The molecule has 0 aliphatic heterocycles. The summed E-state index contributed by atoms with van der Waals surface area (Å²) in [6.45, 7) is 3.36. The van der Waals surface area contributed by atoms with Crippen molar-refractivity contribution < 1.29 is 19.0 Å². The van der Waals surface area contributed by atoms with Crippen LogP contribution in [0.4, 0.5) is 15.8 Å². The number of rotatable bonds is 10. The highest BCUT2D eigenvalue weighted by molar-refractivity contribution is 6.30. The minimum atomic E-state index is -1.65. The van der Waals surface area contributed by atoms with E-state index in [2.05, 4.69) is 30.8 Å². The molecule has 0 spiro atoms. The first-order valence-electron chi connectivity index (χ1n) is 11.1. The number of nitrogens with zero attached hydrogens (tertiary/aromatic N) is 6. The Morgan fingerprint density at radius 2 is 2.03 bits per heavy atom. The van der Waals surface area contributed by atoms with Gasteiger partial charge in [-0.15, -0.1) is 0 Å². The zero-order chi connectivity index (χ0) is 25.9. The number of aliphatic hydroxyl groups is 1. The number of hydrogen-bond acceptors (Lipinski definition) is 8. The van der Waals surface area contributed by atoms with E-state index in [1.165, 1.54) is 30.8 Å². The van der Waals surface area contributed by atoms with E-state index >= 15 is 0 Å². The van der Waals surface area contributed by atoms with Gasteiger partial charge in [-0.1, -0.05) is 11.6 Å². The van der Waals surface area contributed by atoms with Crippen LogP contribution >= 0.6 is 11.6 Å². The molecule has 0 aromatic carbocycles. The van der Waals surface area contributed by atoms with Crippen molar-refractivity contribution in [3.63, 3.8) is 0 Å². The molecular weight excluding hydrogens is 491 g/mol. The average Bonchev–Trinajstić information content (AvgIpc) is 3.46. The number of carbonyl (C=O) groups excluding carboxylic acids is 1. The van der Waals surface area contributed by atoms with Gasteiger partial charge in [0, 0.05) is 25.7 Å². The maximum Gasteiger partial charge on any atom is 0.255 e. The summed E-state index contributed by atoms with van der Waals surface area (Å²) in [6.07, 6.45) is 7.85. The van der Waals surface area contributed by atoms with E-state index in [4.69, 9.17) is 16.3 Å².